The van der Waals surface area contributed by atoms with Crippen molar-refractivity contribution < 1.29 is 18.8 Å². The second-order valence-electron chi connectivity index (χ2n) is 6.20. The van der Waals surface area contributed by atoms with Crippen LogP contribution in [0, 0.1) is 5.92 Å². The maximum absolute atomic E-state index is 12.6. The third-order valence-corrected chi connectivity index (χ3v) is 4.72. The smallest absolute Gasteiger partial charge is 0.314 e. The lowest BCUT2D eigenvalue weighted by molar-refractivity contribution is -0.921. The Balaban J connectivity index is 1.78. The first-order valence-corrected chi connectivity index (χ1v) is 8.66. The molecule has 1 aliphatic rings. The van der Waals surface area contributed by atoms with Gasteiger partial charge in [-0.05, 0) is 38.0 Å². The normalized spacial score (nSPS) is 20.9. The van der Waals surface area contributed by atoms with Crippen molar-refractivity contribution in [3.05, 3.63) is 45.3 Å². The summed E-state index contributed by atoms with van der Waals surface area (Å²) in [6, 6.07) is 5.04. The van der Waals surface area contributed by atoms with E-state index in [0.717, 1.165) is 19.4 Å². The van der Waals surface area contributed by atoms with E-state index >= 15 is 0 Å². The molecule has 1 saturated heterocycles. The summed E-state index contributed by atoms with van der Waals surface area (Å²) in [7, 11) is 0. The van der Waals surface area contributed by atoms with Gasteiger partial charge in [0.1, 0.15) is 24.3 Å². The highest BCUT2D eigenvalue weighted by Crippen LogP contribution is 2.17. The Morgan fingerprint density at radius 2 is 2.29 bits per heavy atom. The van der Waals surface area contributed by atoms with Crippen LogP contribution in [0.25, 0.3) is 11.0 Å². The Morgan fingerprint density at radius 3 is 3.08 bits per heavy atom. The highest BCUT2D eigenvalue weighted by molar-refractivity contribution is 6.31. The summed E-state index contributed by atoms with van der Waals surface area (Å²) in [6.45, 7) is 4.38. The molecule has 1 aliphatic heterocycles. The number of hydrogen-bond donors (Lipinski definition) is 1. The van der Waals surface area contributed by atoms with E-state index in [1.54, 1.807) is 18.2 Å². The molecule has 2 heterocycles. The first-order chi connectivity index (χ1) is 11.6. The highest BCUT2D eigenvalue weighted by atomic mass is 35.5. The van der Waals surface area contributed by atoms with Crippen LogP contribution in [0.2, 0.25) is 5.02 Å². The molecule has 0 aliphatic carbocycles. The number of fused-ring (bicyclic) bond motifs is 1. The molecule has 1 aromatic heterocycles. The van der Waals surface area contributed by atoms with Crippen LogP contribution in [0.4, 0.5) is 0 Å². The van der Waals surface area contributed by atoms with Crippen LogP contribution in [0.1, 0.15) is 25.3 Å². The van der Waals surface area contributed by atoms with Gasteiger partial charge in [-0.1, -0.05) is 11.6 Å². The Hall–Kier alpha value is -1.85. The minimum atomic E-state index is -0.132. The largest absolute Gasteiger partial charge is 0.466 e. The molecule has 5 nitrogen and oxygen atoms in total. The number of carbonyl (C=O) groups excluding carboxylic acids is 1. The van der Waals surface area contributed by atoms with E-state index in [-0.39, 0.29) is 17.3 Å². The third-order valence-electron chi connectivity index (χ3n) is 4.48. The van der Waals surface area contributed by atoms with E-state index in [1.165, 1.54) is 11.2 Å². The quantitative estimate of drug-likeness (QED) is 0.854. The minimum Gasteiger partial charge on any atom is -0.466 e. The standard InChI is InChI=1S/C18H20ClNO4/c1-2-23-18(22)12-4-3-7-20(9-12)10-13-11-24-16-6-5-14(19)8-15(16)17(13)21/h5-6,8,11-12H,2-4,7,9-10H2,1H3/p+1/t12-/m1/s1. The van der Waals surface area contributed by atoms with Gasteiger partial charge in [-0.2, -0.15) is 0 Å². The fraction of sp³-hybridized carbons (Fsp3) is 0.444. The average molecular weight is 351 g/mol. The number of nitrogens with one attached hydrogen (secondary N) is 1. The van der Waals surface area contributed by atoms with Crippen molar-refractivity contribution in [1.29, 1.82) is 0 Å². The van der Waals surface area contributed by atoms with E-state index < -0.39 is 0 Å². The molecule has 1 N–H and O–H groups in total. The first kappa shape index (κ1) is 17.0. The summed E-state index contributed by atoms with van der Waals surface area (Å²) in [6.07, 6.45) is 3.33. The van der Waals surface area contributed by atoms with Crippen molar-refractivity contribution in [2.75, 3.05) is 19.7 Å². The van der Waals surface area contributed by atoms with E-state index in [2.05, 4.69) is 0 Å². The minimum absolute atomic E-state index is 0.0514. The van der Waals surface area contributed by atoms with Crippen molar-refractivity contribution >= 4 is 28.5 Å². The number of likely N-dealkylation sites (tertiary alicyclic amines) is 1. The predicted molar refractivity (Wildman–Crippen MR) is 91.3 cm³/mol. The molecule has 3 rings (SSSR count). The number of quaternary nitrogens is 1. The van der Waals surface area contributed by atoms with Gasteiger partial charge in [0.2, 0.25) is 5.43 Å². The average Bonchev–Trinajstić information content (AvgIpc) is 2.58. The fourth-order valence-electron chi connectivity index (χ4n) is 3.31. The summed E-state index contributed by atoms with van der Waals surface area (Å²) < 4.78 is 10.7. The van der Waals surface area contributed by atoms with Crippen LogP contribution in [0.3, 0.4) is 0 Å². The topological polar surface area (TPSA) is 61.0 Å². The van der Waals surface area contributed by atoms with Crippen LogP contribution in [0.5, 0.6) is 0 Å². The Morgan fingerprint density at radius 1 is 1.46 bits per heavy atom. The molecule has 1 fully saturated rings. The molecule has 0 saturated carbocycles. The fourth-order valence-corrected chi connectivity index (χ4v) is 3.48. The number of rotatable bonds is 4. The molecule has 6 heteroatoms. The molecule has 0 spiro atoms. The van der Waals surface area contributed by atoms with Gasteiger partial charge in [0, 0.05) is 5.02 Å². The number of hydrogen-bond acceptors (Lipinski definition) is 4. The number of piperidine rings is 1. The van der Waals surface area contributed by atoms with Crippen LogP contribution in [-0.2, 0) is 16.1 Å². The van der Waals surface area contributed by atoms with Crippen molar-refractivity contribution in [1.82, 2.24) is 0 Å². The van der Waals surface area contributed by atoms with Gasteiger partial charge in [0.15, 0.2) is 0 Å². The zero-order valence-corrected chi connectivity index (χ0v) is 14.4. The Kier molecular flexibility index (Phi) is 5.21. The zero-order valence-electron chi connectivity index (χ0n) is 13.6. The molecule has 24 heavy (non-hydrogen) atoms. The van der Waals surface area contributed by atoms with Gasteiger partial charge in [-0.3, -0.25) is 9.59 Å². The molecule has 2 atom stereocenters. The summed E-state index contributed by atoms with van der Waals surface area (Å²) >= 11 is 5.98. The Bertz CT molecular complexity index is 801. The van der Waals surface area contributed by atoms with Crippen molar-refractivity contribution in [3.63, 3.8) is 0 Å². The number of ether oxygens (including phenoxy) is 1. The molecule has 1 aromatic carbocycles. The predicted octanol–water partition coefficient (Wildman–Crippen LogP) is 1.80. The van der Waals surface area contributed by atoms with E-state index in [9.17, 15) is 9.59 Å². The maximum atomic E-state index is 12.6. The lowest BCUT2D eigenvalue weighted by Gasteiger charge is -2.28. The summed E-state index contributed by atoms with van der Waals surface area (Å²) in [5.41, 5.74) is 1.10. The number of esters is 1. The first-order valence-electron chi connectivity index (χ1n) is 8.28. The SMILES string of the molecule is CCOC(=O)[C@@H]1CCC[NH+](Cc2coc3ccc(Cl)cc3c2=O)C1. The number of halogens is 1. The van der Waals surface area contributed by atoms with Crippen molar-refractivity contribution in [2.24, 2.45) is 5.92 Å². The summed E-state index contributed by atoms with van der Waals surface area (Å²) in [5, 5.41) is 1.01. The number of benzene rings is 1. The van der Waals surface area contributed by atoms with Crippen molar-refractivity contribution in [2.45, 2.75) is 26.3 Å². The van der Waals surface area contributed by atoms with Gasteiger partial charge in [-0.15, -0.1) is 0 Å². The molecule has 0 radical (unpaired) electrons. The molecule has 128 valence electrons. The van der Waals surface area contributed by atoms with Gasteiger partial charge in [-0.25, -0.2) is 0 Å². The van der Waals surface area contributed by atoms with Gasteiger partial charge >= 0.3 is 5.97 Å². The zero-order chi connectivity index (χ0) is 17.1. The molecular weight excluding hydrogens is 330 g/mol. The Labute approximate surface area is 145 Å². The van der Waals surface area contributed by atoms with Gasteiger partial charge < -0.3 is 14.1 Å². The molecule has 0 bridgehead atoms. The molecule has 0 amide bonds. The lowest BCUT2D eigenvalue weighted by Crippen LogP contribution is -3.12. The monoisotopic (exact) mass is 350 g/mol. The summed E-state index contributed by atoms with van der Waals surface area (Å²) in [5.74, 6) is -0.220. The van der Waals surface area contributed by atoms with Crippen LogP contribution < -0.4 is 10.3 Å². The van der Waals surface area contributed by atoms with Gasteiger partial charge in [0.05, 0.1) is 30.6 Å². The second-order valence-corrected chi connectivity index (χ2v) is 6.64. The van der Waals surface area contributed by atoms with E-state index in [1.807, 2.05) is 6.92 Å². The maximum Gasteiger partial charge on any atom is 0.314 e. The van der Waals surface area contributed by atoms with Crippen LogP contribution in [0.15, 0.2) is 33.7 Å². The number of carbonyl (C=O) groups is 1. The van der Waals surface area contributed by atoms with Crippen molar-refractivity contribution in [3.8, 4) is 0 Å². The van der Waals surface area contributed by atoms with E-state index in [4.69, 9.17) is 20.8 Å². The van der Waals surface area contributed by atoms with Crippen LogP contribution in [-0.4, -0.2) is 25.7 Å². The molecule has 1 unspecified atom stereocenters. The second kappa shape index (κ2) is 7.36. The third kappa shape index (κ3) is 3.62. The molecule has 2 aromatic rings. The van der Waals surface area contributed by atoms with E-state index in [0.29, 0.717) is 41.3 Å². The highest BCUT2D eigenvalue weighted by Gasteiger charge is 2.30. The van der Waals surface area contributed by atoms with Gasteiger partial charge in [0.25, 0.3) is 0 Å². The lowest BCUT2D eigenvalue weighted by atomic mass is 9.98. The molecular formula is C18H21ClNO4+. The van der Waals surface area contributed by atoms with Crippen LogP contribution >= 0.6 is 11.6 Å². The summed E-state index contributed by atoms with van der Waals surface area (Å²) in [4.78, 5) is 25.8.